The zero-order valence-corrected chi connectivity index (χ0v) is 10.8. The van der Waals surface area contributed by atoms with Crippen molar-refractivity contribution in [3.05, 3.63) is 29.3 Å². The number of nitrogens with zero attached hydrogens (tertiary/aromatic N) is 1. The van der Waals surface area contributed by atoms with E-state index in [2.05, 4.69) is 11.0 Å². The van der Waals surface area contributed by atoms with E-state index in [9.17, 15) is 5.11 Å². The van der Waals surface area contributed by atoms with Crippen LogP contribution in [0.5, 0.6) is 5.75 Å². The summed E-state index contributed by atoms with van der Waals surface area (Å²) in [5.41, 5.74) is 2.95. The summed E-state index contributed by atoms with van der Waals surface area (Å²) in [5.74, 6) is 2.00. The third-order valence-electron chi connectivity index (χ3n) is 5.31. The zero-order chi connectivity index (χ0) is 12.1. The first-order chi connectivity index (χ1) is 8.83. The van der Waals surface area contributed by atoms with Crippen LogP contribution in [0.1, 0.15) is 42.7 Å². The van der Waals surface area contributed by atoms with Gasteiger partial charge in [-0.15, -0.1) is 0 Å². The monoisotopic (exact) mass is 243 g/mol. The lowest BCUT2D eigenvalue weighted by atomic mass is 9.66. The Morgan fingerprint density at radius 1 is 1.11 bits per heavy atom. The van der Waals surface area contributed by atoms with Gasteiger partial charge in [0.1, 0.15) is 5.75 Å². The van der Waals surface area contributed by atoms with E-state index < -0.39 is 0 Å². The molecular formula is C16H21NO. The first-order valence-electron chi connectivity index (χ1n) is 7.39. The van der Waals surface area contributed by atoms with Crippen molar-refractivity contribution in [2.45, 2.75) is 44.1 Å². The summed E-state index contributed by atoms with van der Waals surface area (Å²) < 4.78 is 0. The molecule has 0 bridgehead atoms. The minimum absolute atomic E-state index is 0.440. The minimum atomic E-state index is 0.440. The van der Waals surface area contributed by atoms with Gasteiger partial charge in [0.15, 0.2) is 0 Å². The summed E-state index contributed by atoms with van der Waals surface area (Å²) in [5, 5.41) is 9.70. The van der Waals surface area contributed by atoms with Gasteiger partial charge in [-0.2, -0.15) is 0 Å². The number of benzene rings is 1. The summed E-state index contributed by atoms with van der Waals surface area (Å²) in [7, 11) is 0. The van der Waals surface area contributed by atoms with Crippen LogP contribution in [0.25, 0.3) is 0 Å². The van der Waals surface area contributed by atoms with Gasteiger partial charge < -0.3 is 5.11 Å². The molecule has 3 aliphatic rings. The molecule has 1 aromatic carbocycles. The molecule has 2 aliphatic heterocycles. The van der Waals surface area contributed by atoms with Crippen LogP contribution in [0, 0.1) is 5.92 Å². The molecule has 4 rings (SSSR count). The third kappa shape index (κ3) is 1.51. The van der Waals surface area contributed by atoms with Crippen molar-refractivity contribution >= 4 is 0 Å². The molecule has 18 heavy (non-hydrogen) atoms. The molecule has 0 radical (unpaired) electrons. The quantitative estimate of drug-likeness (QED) is 0.757. The van der Waals surface area contributed by atoms with E-state index >= 15 is 0 Å². The van der Waals surface area contributed by atoms with Crippen LogP contribution in [-0.4, -0.2) is 29.1 Å². The Bertz CT molecular complexity index is 468. The highest BCUT2D eigenvalue weighted by Gasteiger charge is 2.43. The molecule has 1 aromatic rings. The summed E-state index contributed by atoms with van der Waals surface area (Å²) >= 11 is 0. The fourth-order valence-corrected chi connectivity index (χ4v) is 4.68. The molecule has 0 spiro atoms. The SMILES string of the molecule is Oc1ccc2c(c1)CC1CCCN3CCCC2C13. The highest BCUT2D eigenvalue weighted by molar-refractivity contribution is 5.41. The first kappa shape index (κ1) is 10.9. The molecule has 2 fully saturated rings. The molecule has 0 aromatic heterocycles. The summed E-state index contributed by atoms with van der Waals surface area (Å²) in [4.78, 5) is 2.75. The summed E-state index contributed by atoms with van der Waals surface area (Å²) in [6.45, 7) is 2.62. The summed E-state index contributed by atoms with van der Waals surface area (Å²) in [6.07, 6.45) is 6.61. The molecule has 2 heterocycles. The molecule has 0 saturated carbocycles. The van der Waals surface area contributed by atoms with Crippen LogP contribution in [0.3, 0.4) is 0 Å². The van der Waals surface area contributed by atoms with E-state index in [1.165, 1.54) is 56.3 Å². The Morgan fingerprint density at radius 2 is 1.94 bits per heavy atom. The Hall–Kier alpha value is -1.02. The average Bonchev–Trinajstić information content (AvgIpc) is 2.39. The van der Waals surface area contributed by atoms with Crippen LogP contribution in [-0.2, 0) is 6.42 Å². The molecule has 1 aliphatic carbocycles. The highest BCUT2D eigenvalue weighted by atomic mass is 16.3. The number of hydrogen-bond acceptors (Lipinski definition) is 2. The van der Waals surface area contributed by atoms with Gasteiger partial charge in [-0.05, 0) is 74.4 Å². The molecule has 0 amide bonds. The smallest absolute Gasteiger partial charge is 0.115 e. The van der Waals surface area contributed by atoms with Crippen LogP contribution >= 0.6 is 0 Å². The van der Waals surface area contributed by atoms with E-state index in [1.54, 1.807) is 0 Å². The number of phenols is 1. The maximum Gasteiger partial charge on any atom is 0.115 e. The van der Waals surface area contributed by atoms with Crippen LogP contribution in [0.15, 0.2) is 18.2 Å². The van der Waals surface area contributed by atoms with Crippen molar-refractivity contribution in [1.29, 1.82) is 0 Å². The standard InChI is InChI=1S/C16H21NO/c18-13-5-6-14-12(10-13)9-11-3-1-7-17-8-2-4-15(14)16(11)17/h5-6,10-11,15-16,18H,1-4,7-9H2. The van der Waals surface area contributed by atoms with Crippen LogP contribution in [0.4, 0.5) is 0 Å². The Labute approximate surface area is 109 Å². The van der Waals surface area contributed by atoms with Crippen molar-refractivity contribution in [1.82, 2.24) is 4.90 Å². The fourth-order valence-electron chi connectivity index (χ4n) is 4.68. The molecular weight excluding hydrogens is 222 g/mol. The number of hydrogen-bond donors (Lipinski definition) is 1. The summed E-state index contributed by atoms with van der Waals surface area (Å²) in [6, 6.07) is 6.87. The first-order valence-corrected chi connectivity index (χ1v) is 7.39. The van der Waals surface area contributed by atoms with Gasteiger partial charge >= 0.3 is 0 Å². The van der Waals surface area contributed by atoms with Crippen molar-refractivity contribution < 1.29 is 5.11 Å². The van der Waals surface area contributed by atoms with Gasteiger partial charge in [-0.1, -0.05) is 6.07 Å². The zero-order valence-electron chi connectivity index (χ0n) is 10.8. The van der Waals surface area contributed by atoms with Crippen molar-refractivity contribution in [2.75, 3.05) is 13.1 Å². The highest BCUT2D eigenvalue weighted by Crippen LogP contribution is 2.47. The molecule has 1 N–H and O–H groups in total. The molecule has 2 heteroatoms. The van der Waals surface area contributed by atoms with Gasteiger partial charge in [0.05, 0.1) is 0 Å². The predicted molar refractivity (Wildman–Crippen MR) is 71.9 cm³/mol. The van der Waals surface area contributed by atoms with Gasteiger partial charge in [0.2, 0.25) is 0 Å². The van der Waals surface area contributed by atoms with E-state index in [4.69, 9.17) is 0 Å². The Morgan fingerprint density at radius 3 is 2.83 bits per heavy atom. The Balaban J connectivity index is 1.79. The van der Waals surface area contributed by atoms with Crippen LogP contribution < -0.4 is 0 Å². The number of rotatable bonds is 0. The van der Waals surface area contributed by atoms with Crippen molar-refractivity contribution in [3.63, 3.8) is 0 Å². The number of piperidine rings is 2. The van der Waals surface area contributed by atoms with Crippen LogP contribution in [0.2, 0.25) is 0 Å². The lowest BCUT2D eigenvalue weighted by Crippen LogP contribution is -2.54. The minimum Gasteiger partial charge on any atom is -0.508 e. The van der Waals surface area contributed by atoms with Gasteiger partial charge in [-0.3, -0.25) is 4.90 Å². The molecule has 3 unspecified atom stereocenters. The van der Waals surface area contributed by atoms with E-state index in [1.807, 2.05) is 12.1 Å². The third-order valence-corrected chi connectivity index (χ3v) is 5.31. The van der Waals surface area contributed by atoms with E-state index in [0.29, 0.717) is 5.75 Å². The van der Waals surface area contributed by atoms with Gasteiger partial charge in [0.25, 0.3) is 0 Å². The second kappa shape index (κ2) is 3.99. The van der Waals surface area contributed by atoms with Crippen molar-refractivity contribution in [2.24, 2.45) is 5.92 Å². The fraction of sp³-hybridized carbons (Fsp3) is 0.625. The lowest BCUT2D eigenvalue weighted by Gasteiger charge is -2.52. The molecule has 2 nitrogen and oxygen atoms in total. The number of phenolic OH excluding ortho intramolecular Hbond substituents is 1. The van der Waals surface area contributed by atoms with E-state index in [-0.39, 0.29) is 0 Å². The van der Waals surface area contributed by atoms with Gasteiger partial charge in [-0.25, -0.2) is 0 Å². The molecule has 96 valence electrons. The second-order valence-corrected chi connectivity index (χ2v) is 6.26. The molecule has 3 atom stereocenters. The largest absolute Gasteiger partial charge is 0.508 e. The Kier molecular flexibility index (Phi) is 2.41. The average molecular weight is 243 g/mol. The number of fused-ring (bicyclic) bond motifs is 2. The maximum absolute atomic E-state index is 9.70. The lowest BCUT2D eigenvalue weighted by molar-refractivity contribution is 0.0349. The number of aromatic hydroxyl groups is 1. The van der Waals surface area contributed by atoms with E-state index in [0.717, 1.165) is 17.9 Å². The van der Waals surface area contributed by atoms with Crippen molar-refractivity contribution in [3.8, 4) is 5.75 Å². The predicted octanol–water partition coefficient (Wildman–Crippen LogP) is 2.91. The van der Waals surface area contributed by atoms with Gasteiger partial charge in [0, 0.05) is 12.0 Å². The molecule has 2 saturated heterocycles. The maximum atomic E-state index is 9.70. The normalized spacial score (nSPS) is 34.8. The topological polar surface area (TPSA) is 23.5 Å². The second-order valence-electron chi connectivity index (χ2n) is 6.26.